The molecule has 0 aliphatic rings. The Bertz CT molecular complexity index is 321. The van der Waals surface area contributed by atoms with Gasteiger partial charge in [-0.2, -0.15) is 0 Å². The average molecular weight is 219 g/mol. The second-order valence-corrected chi connectivity index (χ2v) is 4.63. The number of hydrogen-bond donors (Lipinski definition) is 0. The maximum Gasteiger partial charge on any atom is 0.0551 e. The van der Waals surface area contributed by atoms with Crippen LogP contribution in [0.15, 0.2) is 30.3 Å². The van der Waals surface area contributed by atoms with Gasteiger partial charge in [0.25, 0.3) is 0 Å². The van der Waals surface area contributed by atoms with Crippen molar-refractivity contribution in [2.24, 2.45) is 0 Å². The summed E-state index contributed by atoms with van der Waals surface area (Å²) in [5.41, 5.74) is 1.10. The van der Waals surface area contributed by atoms with Crippen LogP contribution >= 0.6 is 11.8 Å². The fraction of sp³-hybridized carbons (Fsp3) is 0.385. The molecule has 1 aromatic carbocycles. The van der Waals surface area contributed by atoms with Crippen LogP contribution in [-0.2, 0) is 0 Å². The Morgan fingerprint density at radius 1 is 1.20 bits per heavy atom. The average Bonchev–Trinajstić information content (AvgIpc) is 2.24. The standard InChI is InChI=1S/C13H17NS/c1-14(2)10-12-15-11-6-9-13-7-4-3-5-8-13/h3-5,7-8H,10-12H2,1-2H3. The molecule has 1 aromatic rings. The number of nitrogens with zero attached hydrogens (tertiary/aromatic N) is 1. The van der Waals surface area contributed by atoms with Crippen molar-refractivity contribution in [1.82, 2.24) is 4.90 Å². The van der Waals surface area contributed by atoms with E-state index in [4.69, 9.17) is 0 Å². The first-order valence-corrected chi connectivity index (χ1v) is 6.21. The Kier molecular flexibility index (Phi) is 5.99. The molecule has 0 unspecified atom stereocenters. The van der Waals surface area contributed by atoms with E-state index in [0.29, 0.717) is 0 Å². The molecule has 0 bridgehead atoms. The lowest BCUT2D eigenvalue weighted by molar-refractivity contribution is 0.437. The highest BCUT2D eigenvalue weighted by Crippen LogP contribution is 1.99. The van der Waals surface area contributed by atoms with Crippen LogP contribution in [0.4, 0.5) is 0 Å². The van der Waals surface area contributed by atoms with Crippen LogP contribution in [-0.4, -0.2) is 37.0 Å². The van der Waals surface area contributed by atoms with Crippen molar-refractivity contribution in [2.75, 3.05) is 32.1 Å². The monoisotopic (exact) mass is 219 g/mol. The molecular weight excluding hydrogens is 202 g/mol. The number of rotatable bonds is 4. The van der Waals surface area contributed by atoms with Crippen molar-refractivity contribution >= 4 is 11.8 Å². The highest BCUT2D eigenvalue weighted by Gasteiger charge is 1.88. The Morgan fingerprint density at radius 2 is 1.93 bits per heavy atom. The Labute approximate surface area is 96.9 Å². The quantitative estimate of drug-likeness (QED) is 0.565. The van der Waals surface area contributed by atoms with Crippen LogP contribution in [0.5, 0.6) is 0 Å². The summed E-state index contributed by atoms with van der Waals surface area (Å²) in [5, 5.41) is 0. The predicted octanol–water partition coefficient (Wildman–Crippen LogP) is 2.33. The summed E-state index contributed by atoms with van der Waals surface area (Å²) in [4.78, 5) is 2.19. The van der Waals surface area contributed by atoms with Gasteiger partial charge in [0.1, 0.15) is 0 Å². The van der Waals surface area contributed by atoms with Gasteiger partial charge in [-0.15, -0.1) is 11.8 Å². The first-order chi connectivity index (χ1) is 7.29. The molecule has 0 aromatic heterocycles. The Hall–Kier alpha value is -0.910. The first kappa shape index (κ1) is 12.2. The highest BCUT2D eigenvalue weighted by atomic mass is 32.2. The molecule has 0 N–H and O–H groups in total. The van der Waals surface area contributed by atoms with Gasteiger partial charge in [0.15, 0.2) is 0 Å². The SMILES string of the molecule is CN(C)CCSCC#Cc1ccccc1. The molecule has 0 fully saturated rings. The molecule has 80 valence electrons. The van der Waals surface area contributed by atoms with Gasteiger partial charge in [-0.3, -0.25) is 0 Å². The Balaban J connectivity index is 2.18. The minimum atomic E-state index is 0.919. The predicted molar refractivity (Wildman–Crippen MR) is 69.2 cm³/mol. The van der Waals surface area contributed by atoms with Gasteiger partial charge < -0.3 is 4.90 Å². The molecule has 2 heteroatoms. The molecule has 0 aliphatic heterocycles. The maximum atomic E-state index is 3.17. The topological polar surface area (TPSA) is 3.24 Å². The van der Waals surface area contributed by atoms with E-state index in [0.717, 1.165) is 23.6 Å². The fourth-order valence-electron chi connectivity index (χ4n) is 1.03. The van der Waals surface area contributed by atoms with Crippen LogP contribution in [0.1, 0.15) is 5.56 Å². The number of benzene rings is 1. The molecule has 0 saturated heterocycles. The van der Waals surface area contributed by atoms with E-state index in [1.54, 1.807) is 0 Å². The van der Waals surface area contributed by atoms with Crippen LogP contribution in [0.3, 0.4) is 0 Å². The van der Waals surface area contributed by atoms with Crippen LogP contribution in [0.2, 0.25) is 0 Å². The van der Waals surface area contributed by atoms with E-state index in [-0.39, 0.29) is 0 Å². The van der Waals surface area contributed by atoms with E-state index in [1.165, 1.54) is 0 Å². The lowest BCUT2D eigenvalue weighted by atomic mass is 10.2. The van der Waals surface area contributed by atoms with E-state index in [9.17, 15) is 0 Å². The second kappa shape index (κ2) is 7.39. The molecule has 0 saturated carbocycles. The summed E-state index contributed by atoms with van der Waals surface area (Å²) in [7, 11) is 4.19. The summed E-state index contributed by atoms with van der Waals surface area (Å²) in [6.07, 6.45) is 0. The smallest absolute Gasteiger partial charge is 0.0551 e. The molecule has 1 nitrogen and oxygen atoms in total. The van der Waals surface area contributed by atoms with E-state index in [2.05, 4.69) is 30.8 Å². The first-order valence-electron chi connectivity index (χ1n) is 5.05. The molecule has 0 spiro atoms. The maximum absolute atomic E-state index is 3.17. The molecule has 0 heterocycles. The molecule has 0 amide bonds. The van der Waals surface area contributed by atoms with Crippen LogP contribution in [0, 0.1) is 11.8 Å². The minimum Gasteiger partial charge on any atom is -0.309 e. The summed E-state index contributed by atoms with van der Waals surface area (Å²) in [5.74, 6) is 8.39. The summed E-state index contributed by atoms with van der Waals surface area (Å²) < 4.78 is 0. The van der Waals surface area contributed by atoms with Crippen LogP contribution < -0.4 is 0 Å². The van der Waals surface area contributed by atoms with Gasteiger partial charge >= 0.3 is 0 Å². The largest absolute Gasteiger partial charge is 0.309 e. The molecule has 15 heavy (non-hydrogen) atoms. The third-order valence-corrected chi connectivity index (χ3v) is 2.68. The molecule has 0 aliphatic carbocycles. The summed E-state index contributed by atoms with van der Waals surface area (Å²) in [6, 6.07) is 10.1. The van der Waals surface area contributed by atoms with Crippen molar-refractivity contribution in [3.8, 4) is 11.8 Å². The molecule has 0 atom stereocenters. The number of hydrogen-bond acceptors (Lipinski definition) is 2. The van der Waals surface area contributed by atoms with Gasteiger partial charge in [-0.05, 0) is 26.2 Å². The van der Waals surface area contributed by atoms with E-state index < -0.39 is 0 Å². The Morgan fingerprint density at radius 3 is 2.60 bits per heavy atom. The fourth-order valence-corrected chi connectivity index (χ4v) is 1.84. The van der Waals surface area contributed by atoms with Gasteiger partial charge in [0.05, 0.1) is 5.75 Å². The van der Waals surface area contributed by atoms with Gasteiger partial charge in [0.2, 0.25) is 0 Å². The molecular formula is C13H17NS. The van der Waals surface area contributed by atoms with Gasteiger partial charge in [0, 0.05) is 17.9 Å². The lowest BCUT2D eigenvalue weighted by Gasteiger charge is -2.06. The van der Waals surface area contributed by atoms with E-state index in [1.807, 2.05) is 42.1 Å². The molecule has 1 rings (SSSR count). The third kappa shape index (κ3) is 6.22. The lowest BCUT2D eigenvalue weighted by Crippen LogP contribution is -2.14. The van der Waals surface area contributed by atoms with Crippen molar-refractivity contribution in [2.45, 2.75) is 0 Å². The summed E-state index contributed by atoms with van der Waals surface area (Å²) >= 11 is 1.89. The third-order valence-electron chi connectivity index (χ3n) is 1.86. The zero-order valence-corrected chi connectivity index (χ0v) is 10.2. The van der Waals surface area contributed by atoms with Gasteiger partial charge in [-0.25, -0.2) is 0 Å². The zero-order valence-electron chi connectivity index (χ0n) is 9.36. The van der Waals surface area contributed by atoms with Crippen molar-refractivity contribution < 1.29 is 0 Å². The summed E-state index contributed by atoms with van der Waals surface area (Å²) in [6.45, 7) is 1.12. The van der Waals surface area contributed by atoms with Crippen molar-refractivity contribution in [3.63, 3.8) is 0 Å². The normalized spacial score (nSPS) is 9.80. The van der Waals surface area contributed by atoms with E-state index >= 15 is 0 Å². The minimum absolute atomic E-state index is 0.919. The zero-order chi connectivity index (χ0) is 10.9. The second-order valence-electron chi connectivity index (χ2n) is 3.52. The van der Waals surface area contributed by atoms with Crippen LogP contribution in [0.25, 0.3) is 0 Å². The number of thioether (sulfide) groups is 1. The van der Waals surface area contributed by atoms with Crippen molar-refractivity contribution in [3.05, 3.63) is 35.9 Å². The highest BCUT2D eigenvalue weighted by molar-refractivity contribution is 7.99. The van der Waals surface area contributed by atoms with Gasteiger partial charge in [-0.1, -0.05) is 30.0 Å². The molecule has 0 radical (unpaired) electrons. The van der Waals surface area contributed by atoms with Crippen molar-refractivity contribution in [1.29, 1.82) is 0 Å².